The fraction of sp³-hybridized carbons (Fsp3) is 0.308. The maximum absolute atomic E-state index is 10.7. The van der Waals surface area contributed by atoms with Gasteiger partial charge >= 0.3 is 0 Å². The molecular weight excluding hydrogens is 268 g/mol. The highest BCUT2D eigenvalue weighted by molar-refractivity contribution is 9.10. The molecule has 0 radical (unpaired) electrons. The number of hydrogen-bond donors (Lipinski definition) is 0. The third kappa shape index (κ3) is 4.19. The number of aldehydes is 1. The van der Waals surface area contributed by atoms with Gasteiger partial charge in [0, 0.05) is 10.0 Å². The number of carbonyl (C=O) groups excluding carboxylic acids is 1. The van der Waals surface area contributed by atoms with Crippen LogP contribution in [0.2, 0.25) is 0 Å². The van der Waals surface area contributed by atoms with E-state index in [9.17, 15) is 4.79 Å². The summed E-state index contributed by atoms with van der Waals surface area (Å²) in [5, 5.41) is 0. The van der Waals surface area contributed by atoms with Gasteiger partial charge in [-0.05, 0) is 38.5 Å². The van der Waals surface area contributed by atoms with Crippen LogP contribution < -0.4 is 4.74 Å². The lowest BCUT2D eigenvalue weighted by molar-refractivity contribution is 0.112. The molecule has 1 aromatic rings. The summed E-state index contributed by atoms with van der Waals surface area (Å²) in [6, 6.07) is 5.40. The minimum atomic E-state index is 0.611. The number of allylic oxidation sites excluding steroid dienone is 1. The van der Waals surface area contributed by atoms with Gasteiger partial charge in [-0.2, -0.15) is 0 Å². The van der Waals surface area contributed by atoms with E-state index in [0.29, 0.717) is 12.2 Å². The van der Waals surface area contributed by atoms with Crippen LogP contribution in [0.3, 0.4) is 0 Å². The molecule has 0 bridgehead atoms. The number of halogens is 1. The first-order chi connectivity index (χ1) is 7.63. The normalized spacial score (nSPS) is 9.69. The van der Waals surface area contributed by atoms with Crippen molar-refractivity contribution in [1.82, 2.24) is 0 Å². The van der Waals surface area contributed by atoms with Gasteiger partial charge in [0.1, 0.15) is 5.75 Å². The second-order valence-corrected chi connectivity index (χ2v) is 4.57. The summed E-state index contributed by atoms with van der Waals surface area (Å²) in [5.74, 6) is 0.729. The molecule has 0 atom stereocenters. The Morgan fingerprint density at radius 1 is 1.44 bits per heavy atom. The molecule has 2 nitrogen and oxygen atoms in total. The predicted octanol–water partition coefficient (Wildman–Crippen LogP) is 4.00. The van der Waals surface area contributed by atoms with Gasteiger partial charge in [-0.15, -0.1) is 0 Å². The van der Waals surface area contributed by atoms with E-state index in [4.69, 9.17) is 4.74 Å². The summed E-state index contributed by atoms with van der Waals surface area (Å²) in [4.78, 5) is 10.7. The fourth-order valence-electron chi connectivity index (χ4n) is 1.23. The van der Waals surface area contributed by atoms with Gasteiger partial charge in [-0.3, -0.25) is 4.79 Å². The van der Waals surface area contributed by atoms with Gasteiger partial charge in [0.2, 0.25) is 0 Å². The molecule has 16 heavy (non-hydrogen) atoms. The predicted molar refractivity (Wildman–Crippen MR) is 69.1 cm³/mol. The highest BCUT2D eigenvalue weighted by Crippen LogP contribution is 2.21. The Kier molecular flexibility index (Phi) is 5.26. The lowest BCUT2D eigenvalue weighted by atomic mass is 10.2. The molecule has 0 aliphatic carbocycles. The minimum absolute atomic E-state index is 0.611. The third-order valence-corrected chi connectivity index (χ3v) is 2.76. The highest BCUT2D eigenvalue weighted by atomic mass is 79.9. The first kappa shape index (κ1) is 13.0. The zero-order valence-corrected chi connectivity index (χ0v) is 11.1. The first-order valence-electron chi connectivity index (χ1n) is 5.14. The molecule has 0 aliphatic heterocycles. The van der Waals surface area contributed by atoms with Crippen molar-refractivity contribution in [2.75, 3.05) is 6.61 Å². The quantitative estimate of drug-likeness (QED) is 0.464. The summed E-state index contributed by atoms with van der Waals surface area (Å²) >= 11 is 3.30. The van der Waals surface area contributed by atoms with Crippen molar-refractivity contribution in [3.05, 3.63) is 39.9 Å². The van der Waals surface area contributed by atoms with E-state index in [2.05, 4.69) is 35.9 Å². The smallest absolute Gasteiger partial charge is 0.151 e. The van der Waals surface area contributed by atoms with Crippen LogP contribution in [0, 0.1) is 0 Å². The Morgan fingerprint density at radius 3 is 2.81 bits per heavy atom. The molecule has 0 amide bonds. The van der Waals surface area contributed by atoms with Crippen LogP contribution in [0.1, 0.15) is 30.6 Å². The molecule has 3 heteroatoms. The van der Waals surface area contributed by atoms with Gasteiger partial charge in [-0.1, -0.05) is 27.6 Å². The van der Waals surface area contributed by atoms with Crippen molar-refractivity contribution in [2.45, 2.75) is 20.3 Å². The van der Waals surface area contributed by atoms with E-state index in [0.717, 1.165) is 22.9 Å². The zero-order valence-electron chi connectivity index (χ0n) is 9.50. The molecule has 0 saturated carbocycles. The largest absolute Gasteiger partial charge is 0.493 e. The van der Waals surface area contributed by atoms with Crippen molar-refractivity contribution in [2.24, 2.45) is 0 Å². The van der Waals surface area contributed by atoms with Crippen molar-refractivity contribution in [1.29, 1.82) is 0 Å². The number of ether oxygens (including phenoxy) is 1. The van der Waals surface area contributed by atoms with E-state index in [-0.39, 0.29) is 0 Å². The number of hydrogen-bond acceptors (Lipinski definition) is 2. The van der Waals surface area contributed by atoms with Crippen molar-refractivity contribution in [3.63, 3.8) is 0 Å². The van der Waals surface area contributed by atoms with Crippen molar-refractivity contribution < 1.29 is 9.53 Å². The summed E-state index contributed by atoms with van der Waals surface area (Å²) in [6.07, 6.45) is 3.82. The van der Waals surface area contributed by atoms with Gasteiger partial charge in [-0.25, -0.2) is 0 Å². The van der Waals surface area contributed by atoms with E-state index in [1.165, 1.54) is 5.57 Å². The Morgan fingerprint density at radius 2 is 2.19 bits per heavy atom. The topological polar surface area (TPSA) is 26.3 Å². The lowest BCUT2D eigenvalue weighted by Crippen LogP contribution is -1.96. The molecule has 0 spiro atoms. The second kappa shape index (κ2) is 6.48. The average Bonchev–Trinajstić information content (AvgIpc) is 2.26. The number of benzene rings is 1. The van der Waals surface area contributed by atoms with Gasteiger partial charge in [0.25, 0.3) is 0 Å². The zero-order chi connectivity index (χ0) is 12.0. The molecule has 0 N–H and O–H groups in total. The van der Waals surface area contributed by atoms with Crippen molar-refractivity contribution in [3.8, 4) is 5.75 Å². The summed E-state index contributed by atoms with van der Waals surface area (Å²) in [5.41, 5.74) is 1.90. The Hall–Kier alpha value is -1.09. The molecule has 1 rings (SSSR count). The monoisotopic (exact) mass is 282 g/mol. The van der Waals surface area contributed by atoms with Crippen LogP contribution in [0.4, 0.5) is 0 Å². The van der Waals surface area contributed by atoms with E-state index >= 15 is 0 Å². The Balaban J connectivity index is 2.55. The van der Waals surface area contributed by atoms with Crippen LogP contribution in [0.15, 0.2) is 34.3 Å². The molecular formula is C13H15BrO2. The summed E-state index contributed by atoms with van der Waals surface area (Å²) < 4.78 is 6.32. The molecule has 1 aromatic carbocycles. The standard InChI is InChI=1S/C13H15BrO2/c1-10(2)4-3-7-16-12-5-6-13(14)11(8-12)9-15/h4-6,8-9H,3,7H2,1-2H3. The second-order valence-electron chi connectivity index (χ2n) is 3.72. The van der Waals surface area contributed by atoms with Crippen LogP contribution >= 0.6 is 15.9 Å². The molecule has 0 unspecified atom stereocenters. The third-order valence-electron chi connectivity index (χ3n) is 2.03. The van der Waals surface area contributed by atoms with Crippen molar-refractivity contribution >= 4 is 22.2 Å². The molecule has 0 heterocycles. The Labute approximate surface area is 104 Å². The lowest BCUT2D eigenvalue weighted by Gasteiger charge is -2.06. The molecule has 0 aliphatic rings. The average molecular weight is 283 g/mol. The van der Waals surface area contributed by atoms with Gasteiger partial charge in [0.15, 0.2) is 6.29 Å². The van der Waals surface area contributed by atoms with Gasteiger partial charge in [0.05, 0.1) is 6.61 Å². The van der Waals surface area contributed by atoms with Crippen LogP contribution in [-0.4, -0.2) is 12.9 Å². The maximum Gasteiger partial charge on any atom is 0.151 e. The molecule has 86 valence electrons. The van der Waals surface area contributed by atoms with E-state index in [1.54, 1.807) is 6.07 Å². The van der Waals surface area contributed by atoms with Crippen LogP contribution in [0.25, 0.3) is 0 Å². The molecule has 0 saturated heterocycles. The van der Waals surface area contributed by atoms with Crippen LogP contribution in [-0.2, 0) is 0 Å². The highest BCUT2D eigenvalue weighted by Gasteiger charge is 2.00. The number of carbonyl (C=O) groups is 1. The number of rotatable bonds is 5. The van der Waals surface area contributed by atoms with E-state index in [1.807, 2.05) is 12.1 Å². The molecule has 0 fully saturated rings. The SMILES string of the molecule is CC(C)=CCCOc1ccc(Br)c(C=O)c1. The fourth-order valence-corrected chi connectivity index (χ4v) is 1.57. The van der Waals surface area contributed by atoms with Crippen LogP contribution in [0.5, 0.6) is 5.75 Å². The molecule has 0 aromatic heterocycles. The van der Waals surface area contributed by atoms with Gasteiger partial charge < -0.3 is 4.74 Å². The Bertz CT molecular complexity index is 393. The van der Waals surface area contributed by atoms with E-state index < -0.39 is 0 Å². The maximum atomic E-state index is 10.7. The first-order valence-corrected chi connectivity index (χ1v) is 5.93. The summed E-state index contributed by atoms with van der Waals surface area (Å²) in [6.45, 7) is 4.75. The minimum Gasteiger partial charge on any atom is -0.493 e. The summed E-state index contributed by atoms with van der Waals surface area (Å²) in [7, 11) is 0.